The Labute approximate surface area is 453 Å². The van der Waals surface area contributed by atoms with E-state index < -0.39 is 20.0 Å². The SMILES string of the molecule is CCCCCCC/C=C\C/C=C\C/C=C\CCCCCCCCCCCCCCC(=O)NC(COP(=O)(O)OCC[N+](C)(C)C)C(O)/C=C/CC/C=C/CCCCCCCCCCCCCCCCCCCC. The molecule has 0 fully saturated rings. The van der Waals surface area contributed by atoms with Crippen LogP contribution in [-0.4, -0.2) is 73.4 Å². The summed E-state index contributed by atoms with van der Waals surface area (Å²) >= 11 is 0. The van der Waals surface area contributed by atoms with Crippen molar-refractivity contribution in [2.75, 3.05) is 40.9 Å². The predicted molar refractivity (Wildman–Crippen MR) is 318 cm³/mol. The molecule has 0 radical (unpaired) electrons. The van der Waals surface area contributed by atoms with Gasteiger partial charge in [0.2, 0.25) is 5.91 Å². The Morgan fingerprint density at radius 3 is 1.19 bits per heavy atom. The lowest BCUT2D eigenvalue weighted by Crippen LogP contribution is -2.45. The first-order valence-corrected chi connectivity index (χ1v) is 32.7. The number of hydrogen-bond donors (Lipinski definition) is 3. The third-order valence-electron chi connectivity index (χ3n) is 14.0. The molecule has 3 N–H and O–H groups in total. The number of amides is 1. The Morgan fingerprint density at radius 2 is 0.795 bits per heavy atom. The van der Waals surface area contributed by atoms with Gasteiger partial charge in [0.25, 0.3) is 0 Å². The van der Waals surface area contributed by atoms with E-state index in [-0.39, 0.29) is 19.1 Å². The average molecular weight is 1050 g/mol. The number of rotatable bonds is 57. The largest absolute Gasteiger partial charge is 0.472 e. The molecule has 0 aliphatic carbocycles. The fraction of sp³-hybridized carbons (Fsp3) is 0.828. The molecule has 0 bridgehead atoms. The van der Waals surface area contributed by atoms with E-state index >= 15 is 0 Å². The molecule has 0 saturated carbocycles. The van der Waals surface area contributed by atoms with E-state index in [1.807, 2.05) is 27.2 Å². The highest BCUT2D eigenvalue weighted by atomic mass is 31.2. The lowest BCUT2D eigenvalue weighted by Gasteiger charge is -2.25. The molecule has 0 aromatic heterocycles. The predicted octanol–water partition coefficient (Wildman–Crippen LogP) is 19.3. The first-order chi connectivity index (χ1) is 35.5. The van der Waals surface area contributed by atoms with Crippen molar-refractivity contribution in [2.45, 2.75) is 302 Å². The van der Waals surface area contributed by atoms with Gasteiger partial charge in [0.05, 0.1) is 39.9 Å². The number of allylic oxidation sites excluding steroid dienone is 9. The maximum atomic E-state index is 13.0. The highest BCUT2D eigenvalue weighted by molar-refractivity contribution is 7.47. The van der Waals surface area contributed by atoms with Gasteiger partial charge in [0, 0.05) is 6.42 Å². The normalized spacial score (nSPS) is 14.2. The Hall–Kier alpha value is -1.80. The summed E-state index contributed by atoms with van der Waals surface area (Å²) in [6.07, 6.45) is 74.8. The number of unbranched alkanes of at least 4 members (excludes halogenated alkanes) is 36. The Kier molecular flexibility index (Phi) is 53.6. The minimum Gasteiger partial charge on any atom is -0.387 e. The number of nitrogens with zero attached hydrogens (tertiary/aromatic N) is 1. The van der Waals surface area contributed by atoms with Gasteiger partial charge in [-0.1, -0.05) is 274 Å². The monoisotopic (exact) mass is 1050 g/mol. The number of nitrogens with one attached hydrogen (secondary N) is 1. The van der Waals surface area contributed by atoms with Crippen LogP contribution in [0.1, 0.15) is 290 Å². The zero-order valence-corrected chi connectivity index (χ0v) is 49.8. The van der Waals surface area contributed by atoms with Crippen molar-refractivity contribution in [3.8, 4) is 0 Å². The van der Waals surface area contributed by atoms with Crippen molar-refractivity contribution in [1.82, 2.24) is 5.32 Å². The van der Waals surface area contributed by atoms with Gasteiger partial charge in [-0.15, -0.1) is 0 Å². The number of phosphoric acid groups is 1. The Bertz CT molecular complexity index is 1370. The summed E-state index contributed by atoms with van der Waals surface area (Å²) < 4.78 is 23.7. The average Bonchev–Trinajstić information content (AvgIpc) is 3.35. The molecule has 3 atom stereocenters. The third-order valence-corrected chi connectivity index (χ3v) is 14.9. The van der Waals surface area contributed by atoms with Crippen LogP contribution in [0.25, 0.3) is 0 Å². The molecule has 428 valence electrons. The van der Waals surface area contributed by atoms with Crippen LogP contribution in [0.15, 0.2) is 60.8 Å². The lowest BCUT2D eigenvalue weighted by atomic mass is 10.0. The summed E-state index contributed by atoms with van der Waals surface area (Å²) in [4.78, 5) is 23.3. The van der Waals surface area contributed by atoms with Crippen molar-refractivity contribution >= 4 is 13.7 Å². The van der Waals surface area contributed by atoms with Crippen LogP contribution in [0.3, 0.4) is 0 Å². The van der Waals surface area contributed by atoms with Crippen molar-refractivity contribution in [2.24, 2.45) is 0 Å². The summed E-state index contributed by atoms with van der Waals surface area (Å²) in [5.74, 6) is -0.187. The maximum absolute atomic E-state index is 13.0. The van der Waals surface area contributed by atoms with E-state index in [1.165, 1.54) is 218 Å². The molecule has 0 spiro atoms. The molecule has 0 saturated heterocycles. The van der Waals surface area contributed by atoms with E-state index in [2.05, 4.69) is 67.8 Å². The standard InChI is InChI=1S/C64H121N2O6P/c1-6-8-10-12-14-16-18-20-22-24-26-28-30-32-33-34-36-38-40-42-44-46-48-50-52-54-56-58-64(68)65-62(61-72-73(69,70)71-60-59-66(3,4)5)63(67)57-55-53-51-49-47-45-43-41-39-37-35-31-29-27-25-23-21-19-17-15-13-11-9-7-2/h18,20,24,26,30,32,47,49,55,57,62-63,67H,6-17,19,21-23,25,27-29,31,33-46,48,50-54,56,58-61H2,1-5H3,(H-,65,68,69,70)/p+1/b20-18-,26-24-,32-30-,49-47+,57-55+. The molecule has 0 rings (SSSR count). The van der Waals surface area contributed by atoms with Gasteiger partial charge >= 0.3 is 7.82 Å². The van der Waals surface area contributed by atoms with Crippen LogP contribution >= 0.6 is 7.82 Å². The van der Waals surface area contributed by atoms with Gasteiger partial charge in [0.15, 0.2) is 0 Å². The summed E-state index contributed by atoms with van der Waals surface area (Å²) in [6, 6.07) is -0.868. The number of hydrogen-bond acceptors (Lipinski definition) is 5. The zero-order valence-electron chi connectivity index (χ0n) is 48.9. The summed E-state index contributed by atoms with van der Waals surface area (Å²) in [6.45, 7) is 4.81. The summed E-state index contributed by atoms with van der Waals surface area (Å²) in [5, 5.41) is 13.9. The molecule has 0 aliphatic rings. The van der Waals surface area contributed by atoms with Gasteiger partial charge in [-0.25, -0.2) is 4.57 Å². The van der Waals surface area contributed by atoms with E-state index in [1.54, 1.807) is 6.08 Å². The molecule has 0 aromatic rings. The number of phosphoric ester groups is 1. The van der Waals surface area contributed by atoms with E-state index in [0.717, 1.165) is 51.4 Å². The van der Waals surface area contributed by atoms with Crippen LogP contribution in [0.2, 0.25) is 0 Å². The second-order valence-corrected chi connectivity index (χ2v) is 23.9. The van der Waals surface area contributed by atoms with Crippen molar-refractivity contribution in [3.05, 3.63) is 60.8 Å². The molecule has 0 aliphatic heterocycles. The van der Waals surface area contributed by atoms with Crippen LogP contribution in [0.4, 0.5) is 0 Å². The highest BCUT2D eigenvalue weighted by Gasteiger charge is 2.27. The fourth-order valence-electron chi connectivity index (χ4n) is 9.07. The molecular formula is C64H122N2O6P+. The van der Waals surface area contributed by atoms with Gasteiger partial charge in [-0.05, 0) is 70.6 Å². The molecule has 3 unspecified atom stereocenters. The Balaban J connectivity index is 4.21. The van der Waals surface area contributed by atoms with Gasteiger partial charge < -0.3 is 19.8 Å². The van der Waals surface area contributed by atoms with E-state index in [4.69, 9.17) is 9.05 Å². The quantitative estimate of drug-likeness (QED) is 0.0243. The van der Waals surface area contributed by atoms with Crippen LogP contribution in [0, 0.1) is 0 Å². The molecular weight excluding hydrogens is 924 g/mol. The topological polar surface area (TPSA) is 105 Å². The fourth-order valence-corrected chi connectivity index (χ4v) is 9.80. The molecule has 1 amide bonds. The number of quaternary nitrogens is 1. The highest BCUT2D eigenvalue weighted by Crippen LogP contribution is 2.43. The van der Waals surface area contributed by atoms with Crippen molar-refractivity contribution in [1.29, 1.82) is 0 Å². The van der Waals surface area contributed by atoms with Crippen LogP contribution in [0.5, 0.6) is 0 Å². The molecule has 8 nitrogen and oxygen atoms in total. The molecule has 9 heteroatoms. The van der Waals surface area contributed by atoms with Gasteiger partial charge in [-0.2, -0.15) is 0 Å². The van der Waals surface area contributed by atoms with E-state index in [0.29, 0.717) is 17.4 Å². The van der Waals surface area contributed by atoms with Gasteiger partial charge in [-0.3, -0.25) is 13.8 Å². The lowest BCUT2D eigenvalue weighted by molar-refractivity contribution is -0.870. The Morgan fingerprint density at radius 1 is 0.466 bits per heavy atom. The van der Waals surface area contributed by atoms with Crippen molar-refractivity contribution in [3.63, 3.8) is 0 Å². The second kappa shape index (κ2) is 55.0. The molecule has 0 heterocycles. The number of carbonyl (C=O) groups excluding carboxylic acids is 1. The zero-order chi connectivity index (χ0) is 53.5. The van der Waals surface area contributed by atoms with Crippen molar-refractivity contribution < 1.29 is 32.9 Å². The third kappa shape index (κ3) is 57.7. The first-order valence-electron chi connectivity index (χ1n) is 31.2. The van der Waals surface area contributed by atoms with Crippen LogP contribution in [-0.2, 0) is 18.4 Å². The minimum absolute atomic E-state index is 0.0546. The minimum atomic E-state index is -4.36. The van der Waals surface area contributed by atoms with Crippen LogP contribution < -0.4 is 5.32 Å². The first kappa shape index (κ1) is 71.2. The second-order valence-electron chi connectivity index (χ2n) is 22.4. The summed E-state index contributed by atoms with van der Waals surface area (Å²) in [7, 11) is 1.56. The van der Waals surface area contributed by atoms with E-state index in [9.17, 15) is 19.4 Å². The number of likely N-dealkylation sites (N-methyl/N-ethyl adjacent to an activating group) is 1. The summed E-state index contributed by atoms with van der Waals surface area (Å²) in [5.41, 5.74) is 0. The van der Waals surface area contributed by atoms with Gasteiger partial charge in [0.1, 0.15) is 13.2 Å². The molecule has 0 aromatic carbocycles. The number of aliphatic hydroxyl groups excluding tert-OH is 1. The number of aliphatic hydroxyl groups is 1. The smallest absolute Gasteiger partial charge is 0.387 e. The number of carbonyl (C=O) groups is 1. The molecule has 73 heavy (non-hydrogen) atoms. The maximum Gasteiger partial charge on any atom is 0.472 e.